The van der Waals surface area contributed by atoms with Crippen molar-refractivity contribution in [3.8, 4) is 0 Å². The molecule has 0 saturated carbocycles. The Morgan fingerprint density at radius 3 is 2.75 bits per heavy atom. The Bertz CT molecular complexity index is 656. The number of likely N-dealkylation sites (N-methyl/N-ethyl adjacent to an activating group) is 1. The number of anilines is 1. The third-order valence-corrected chi connectivity index (χ3v) is 4.79. The van der Waals surface area contributed by atoms with Crippen LogP contribution in [0.3, 0.4) is 0 Å². The Morgan fingerprint density at radius 1 is 1.25 bits per heavy atom. The van der Waals surface area contributed by atoms with Crippen LogP contribution in [0.5, 0.6) is 0 Å². The van der Waals surface area contributed by atoms with Gasteiger partial charge < -0.3 is 28.7 Å². The molecule has 9 heteroatoms. The van der Waals surface area contributed by atoms with E-state index in [2.05, 4.69) is 5.16 Å². The zero-order valence-electron chi connectivity index (χ0n) is 13.6. The largest absolute Gasteiger partial charge is 0.439 e. The number of nitrogens with zero attached hydrogens (tertiary/aromatic N) is 4. The third-order valence-electron chi connectivity index (χ3n) is 4.79. The number of hydrogen-bond acceptors (Lipinski definition) is 7. The Morgan fingerprint density at radius 2 is 2.04 bits per heavy atom. The molecule has 0 aliphatic carbocycles. The maximum atomic E-state index is 12.6. The summed E-state index contributed by atoms with van der Waals surface area (Å²) < 4.78 is 16.0. The number of ether oxygens (including phenoxy) is 2. The van der Waals surface area contributed by atoms with Crippen molar-refractivity contribution in [1.29, 1.82) is 0 Å². The molecule has 1 aromatic heterocycles. The van der Waals surface area contributed by atoms with Gasteiger partial charge in [0.25, 0.3) is 5.91 Å². The van der Waals surface area contributed by atoms with Crippen LogP contribution in [-0.4, -0.2) is 85.5 Å². The smallest absolute Gasteiger partial charge is 0.410 e. The summed E-state index contributed by atoms with van der Waals surface area (Å²) >= 11 is 0. The highest BCUT2D eigenvalue weighted by Gasteiger charge is 2.50. The first-order valence-electron chi connectivity index (χ1n) is 8.09. The van der Waals surface area contributed by atoms with E-state index in [0.717, 1.165) is 13.1 Å². The highest BCUT2D eigenvalue weighted by Crippen LogP contribution is 2.32. The second kappa shape index (κ2) is 5.66. The first-order chi connectivity index (χ1) is 11.6. The normalized spacial score (nSPS) is 27.2. The second-order valence-corrected chi connectivity index (χ2v) is 6.53. The summed E-state index contributed by atoms with van der Waals surface area (Å²) in [6.45, 7) is 4.17. The number of aromatic nitrogens is 1. The summed E-state index contributed by atoms with van der Waals surface area (Å²) in [5.41, 5.74) is -0.589. The maximum absolute atomic E-state index is 12.6. The molecule has 3 aliphatic rings. The average Bonchev–Trinajstić information content (AvgIpc) is 3.28. The summed E-state index contributed by atoms with van der Waals surface area (Å²) in [7, 11) is 1.70. The predicted octanol–water partition coefficient (Wildman–Crippen LogP) is 0.178. The van der Waals surface area contributed by atoms with Crippen molar-refractivity contribution in [3.63, 3.8) is 0 Å². The van der Waals surface area contributed by atoms with Gasteiger partial charge in [-0.3, -0.25) is 4.79 Å². The number of rotatable bonds is 2. The van der Waals surface area contributed by atoms with Crippen molar-refractivity contribution in [1.82, 2.24) is 15.0 Å². The molecule has 9 nitrogen and oxygen atoms in total. The van der Waals surface area contributed by atoms with E-state index >= 15 is 0 Å². The Labute approximate surface area is 139 Å². The summed E-state index contributed by atoms with van der Waals surface area (Å²) in [5, 5.41) is 4.00. The molecule has 1 unspecified atom stereocenters. The first-order valence-corrected chi connectivity index (χ1v) is 8.09. The fourth-order valence-electron chi connectivity index (χ4n) is 3.49. The number of carbonyl (C=O) groups excluding carboxylic acids is 2. The minimum Gasteiger partial charge on any atom is -0.439 e. The summed E-state index contributed by atoms with van der Waals surface area (Å²) in [6, 6.07) is 1.67. The van der Waals surface area contributed by atoms with Gasteiger partial charge in [0, 0.05) is 39.2 Å². The second-order valence-electron chi connectivity index (χ2n) is 6.53. The highest BCUT2D eigenvalue weighted by molar-refractivity contribution is 5.92. The van der Waals surface area contributed by atoms with Gasteiger partial charge in [0.05, 0.1) is 26.3 Å². The number of carbonyl (C=O) groups is 2. The zero-order valence-corrected chi connectivity index (χ0v) is 13.6. The van der Waals surface area contributed by atoms with Gasteiger partial charge in [-0.1, -0.05) is 5.16 Å². The van der Waals surface area contributed by atoms with E-state index in [1.165, 1.54) is 0 Å². The van der Waals surface area contributed by atoms with Crippen LogP contribution in [0.2, 0.25) is 0 Å². The Hall–Kier alpha value is -2.29. The molecular weight excluding hydrogens is 316 g/mol. The molecule has 1 aromatic rings. The predicted molar refractivity (Wildman–Crippen MR) is 81.9 cm³/mol. The molecule has 1 atom stereocenters. The van der Waals surface area contributed by atoms with Gasteiger partial charge in [-0.15, -0.1) is 0 Å². The molecular formula is C15H20N4O5. The summed E-state index contributed by atoms with van der Waals surface area (Å²) in [5.74, 6) is 0.651. The van der Waals surface area contributed by atoms with Gasteiger partial charge in [-0.05, 0) is 0 Å². The Kier molecular flexibility index (Phi) is 3.60. The number of morpholine rings is 1. The minimum atomic E-state index is -0.589. The standard InChI is InChI=1S/C15H20N4O5/c1-17-9-15(23-14(17)21)2-3-19(10-15)13(20)11-8-12(16-24-11)18-4-6-22-7-5-18/h8H,2-7,9-10H2,1H3. The summed E-state index contributed by atoms with van der Waals surface area (Å²) in [6.07, 6.45) is 0.304. The third kappa shape index (κ3) is 2.58. The molecule has 0 bridgehead atoms. The number of likely N-dealkylation sites (tertiary alicyclic amines) is 1. The molecule has 4 heterocycles. The van der Waals surface area contributed by atoms with Gasteiger partial charge in [0.15, 0.2) is 11.4 Å². The molecule has 3 fully saturated rings. The zero-order chi connectivity index (χ0) is 16.7. The molecule has 24 heavy (non-hydrogen) atoms. The Balaban J connectivity index is 1.43. The van der Waals surface area contributed by atoms with E-state index in [1.807, 2.05) is 4.90 Å². The fraction of sp³-hybridized carbons (Fsp3) is 0.667. The van der Waals surface area contributed by atoms with Crippen LogP contribution in [0, 0.1) is 0 Å². The highest BCUT2D eigenvalue weighted by atomic mass is 16.6. The monoisotopic (exact) mass is 336 g/mol. The van der Waals surface area contributed by atoms with Gasteiger partial charge in [0.1, 0.15) is 0 Å². The van der Waals surface area contributed by atoms with Gasteiger partial charge >= 0.3 is 6.09 Å². The molecule has 1 spiro atoms. The first kappa shape index (κ1) is 15.3. The van der Waals surface area contributed by atoms with Crippen molar-refractivity contribution < 1.29 is 23.6 Å². The van der Waals surface area contributed by atoms with E-state index in [4.69, 9.17) is 14.0 Å². The molecule has 0 aromatic carbocycles. The lowest BCUT2D eigenvalue weighted by molar-refractivity contribution is 0.0535. The van der Waals surface area contributed by atoms with E-state index in [9.17, 15) is 9.59 Å². The van der Waals surface area contributed by atoms with Crippen molar-refractivity contribution in [2.45, 2.75) is 12.0 Å². The molecule has 2 amide bonds. The van der Waals surface area contributed by atoms with E-state index in [1.54, 1.807) is 22.9 Å². The van der Waals surface area contributed by atoms with Gasteiger partial charge in [-0.25, -0.2) is 4.79 Å². The van der Waals surface area contributed by atoms with Crippen LogP contribution >= 0.6 is 0 Å². The van der Waals surface area contributed by atoms with Gasteiger partial charge in [-0.2, -0.15) is 0 Å². The maximum Gasteiger partial charge on any atom is 0.410 e. The van der Waals surface area contributed by atoms with Crippen LogP contribution in [0.15, 0.2) is 10.6 Å². The average molecular weight is 336 g/mol. The SMILES string of the molecule is CN1CC2(CCN(C(=O)c3cc(N4CCOCC4)no3)C2)OC1=O. The van der Waals surface area contributed by atoms with Crippen molar-refractivity contribution in [3.05, 3.63) is 11.8 Å². The molecule has 4 rings (SSSR count). The van der Waals surface area contributed by atoms with Crippen LogP contribution in [0.4, 0.5) is 10.6 Å². The quantitative estimate of drug-likeness (QED) is 0.761. The van der Waals surface area contributed by atoms with E-state index in [-0.39, 0.29) is 17.8 Å². The lowest BCUT2D eigenvalue weighted by Gasteiger charge is -2.25. The van der Waals surface area contributed by atoms with Crippen molar-refractivity contribution in [2.24, 2.45) is 0 Å². The number of hydrogen-bond donors (Lipinski definition) is 0. The minimum absolute atomic E-state index is 0.214. The van der Waals surface area contributed by atoms with E-state index < -0.39 is 5.60 Å². The fourth-order valence-corrected chi connectivity index (χ4v) is 3.49. The number of amides is 2. The van der Waals surface area contributed by atoms with Crippen molar-refractivity contribution in [2.75, 3.05) is 57.9 Å². The van der Waals surface area contributed by atoms with E-state index in [0.29, 0.717) is 45.1 Å². The summed E-state index contributed by atoms with van der Waals surface area (Å²) in [4.78, 5) is 29.5. The molecule has 3 aliphatic heterocycles. The van der Waals surface area contributed by atoms with Crippen LogP contribution in [0.1, 0.15) is 17.0 Å². The molecule has 3 saturated heterocycles. The topological polar surface area (TPSA) is 88.3 Å². The molecule has 130 valence electrons. The molecule has 0 N–H and O–H groups in total. The lowest BCUT2D eigenvalue weighted by Crippen LogP contribution is -2.39. The van der Waals surface area contributed by atoms with Crippen LogP contribution in [0.25, 0.3) is 0 Å². The van der Waals surface area contributed by atoms with Crippen molar-refractivity contribution >= 4 is 17.8 Å². The van der Waals surface area contributed by atoms with Crippen LogP contribution < -0.4 is 4.90 Å². The molecule has 0 radical (unpaired) electrons. The van der Waals surface area contributed by atoms with Crippen LogP contribution in [-0.2, 0) is 9.47 Å². The lowest BCUT2D eigenvalue weighted by atomic mass is 10.0. The van der Waals surface area contributed by atoms with Gasteiger partial charge in [0.2, 0.25) is 5.76 Å².